The summed E-state index contributed by atoms with van der Waals surface area (Å²) in [7, 11) is 0. The van der Waals surface area contributed by atoms with Crippen molar-refractivity contribution in [2.24, 2.45) is 56.0 Å². The summed E-state index contributed by atoms with van der Waals surface area (Å²) in [6.07, 6.45) is -4.24. The zero-order valence-electron chi connectivity index (χ0n) is 57.3. The lowest BCUT2D eigenvalue weighted by atomic mass is 9.75. The third kappa shape index (κ3) is 16.5. The Balaban J connectivity index is 0.000000212. The molecular weight excluding hydrogens is 1460 g/mol. The van der Waals surface area contributed by atoms with Crippen molar-refractivity contribution < 1.29 is 81.3 Å². The SMILES string of the molecule is CC(C)(C)C[C@]1(c2ccc(-c3cnn(C(F)F)c3)cc2)N=C(N)N([C@H](COC(=O)C[C@@H]2C[C@H]2C(F)F)c2ccc(Cl)c(-n3ncnc3C(F)F)c2)C1=O.CC(C)(C)C[C@]1(c2ccc(-c3cnn(C(F)F)c3)cc2)N=C(N)N([C@H](COC(=O)C[C@H]2C[C@@H]2C(F)F)c2ccc(Cl)c(-n3ncnc3C(F)F)c2)C1=O. The second-order valence-electron chi connectivity index (χ2n) is 28.5. The first-order chi connectivity index (χ1) is 50.0. The number of hydrogen-bond acceptors (Lipinski definition) is 16. The van der Waals surface area contributed by atoms with Crippen molar-refractivity contribution in [2.75, 3.05) is 13.2 Å². The van der Waals surface area contributed by atoms with Gasteiger partial charge in [0, 0.05) is 48.2 Å². The highest BCUT2D eigenvalue weighted by Crippen LogP contribution is 2.50. The van der Waals surface area contributed by atoms with Gasteiger partial charge in [0.15, 0.2) is 34.6 Å². The number of aromatic nitrogens is 10. The molecule has 12 rings (SSSR count). The number of esters is 2. The Morgan fingerprint density at radius 3 is 1.19 bits per heavy atom. The molecule has 22 nitrogen and oxygen atoms in total. The Labute approximate surface area is 607 Å². The maximum Gasteiger partial charge on any atom is 0.333 e. The van der Waals surface area contributed by atoms with Crippen molar-refractivity contribution in [3.05, 3.63) is 166 Å². The molecule has 106 heavy (non-hydrogen) atoms. The molecule has 6 heterocycles. The summed E-state index contributed by atoms with van der Waals surface area (Å²) in [4.78, 5) is 74.7. The standard InChI is InChI=1S/2C35H35ClF6N8O3/c2*1-34(2,3)16-35(22-7-4-18(5-8-22)21-13-45-48(14-21)32(41)42)31(52)49(33(43)47-35)26(15-53-27(51)12-20-10-23(20)28(37)38)19-6-9-24(36)25(11-19)50-30(29(39)40)44-17-46-50/h2*4-9,11,13-14,17,20,23,26,28-29,32H,10,12,15-16H2,1-3H3,(H2,43,47)/t20-,23+,26+,35+;20-,23+,26-,35-/m01/s1. The summed E-state index contributed by atoms with van der Waals surface area (Å²) < 4.78 is 175. The van der Waals surface area contributed by atoms with E-state index in [9.17, 15) is 71.9 Å². The van der Waals surface area contributed by atoms with Gasteiger partial charge < -0.3 is 20.9 Å². The van der Waals surface area contributed by atoms with Crippen LogP contribution in [0, 0.1) is 34.5 Å². The zero-order valence-corrected chi connectivity index (χ0v) is 58.8. The number of halogens is 14. The lowest BCUT2D eigenvalue weighted by molar-refractivity contribution is -0.148. The van der Waals surface area contributed by atoms with Crippen molar-refractivity contribution in [3.8, 4) is 33.6 Å². The Morgan fingerprint density at radius 1 is 0.528 bits per heavy atom. The molecule has 2 fully saturated rings. The van der Waals surface area contributed by atoms with E-state index in [0.29, 0.717) is 42.7 Å². The van der Waals surface area contributed by atoms with E-state index >= 15 is 0 Å². The van der Waals surface area contributed by atoms with Gasteiger partial charge in [0.1, 0.15) is 25.9 Å². The topological polar surface area (TPSA) is 267 Å². The van der Waals surface area contributed by atoms with Crippen LogP contribution in [-0.4, -0.2) is 121 Å². The second-order valence-corrected chi connectivity index (χ2v) is 29.3. The molecule has 36 heteroatoms. The van der Waals surface area contributed by atoms with Crippen LogP contribution < -0.4 is 11.5 Å². The maximum absolute atomic E-state index is 14.9. The number of amides is 2. The van der Waals surface area contributed by atoms with Crippen LogP contribution in [0.4, 0.5) is 52.7 Å². The zero-order chi connectivity index (χ0) is 76.8. The Morgan fingerprint density at radius 2 is 0.887 bits per heavy atom. The molecule has 2 amide bonds. The van der Waals surface area contributed by atoms with E-state index in [4.69, 9.17) is 54.1 Å². The number of guanidine groups is 2. The molecule has 4 aromatic carbocycles. The van der Waals surface area contributed by atoms with Gasteiger partial charge in [-0.3, -0.25) is 29.0 Å². The van der Waals surface area contributed by atoms with Crippen LogP contribution in [0.3, 0.4) is 0 Å². The lowest BCUT2D eigenvalue weighted by Crippen LogP contribution is -2.47. The molecule has 8 atom stereocenters. The highest BCUT2D eigenvalue weighted by atomic mass is 35.5. The summed E-state index contributed by atoms with van der Waals surface area (Å²) in [6.45, 7) is 4.73. The molecule has 2 aliphatic carbocycles. The van der Waals surface area contributed by atoms with Gasteiger partial charge in [-0.15, -0.1) is 0 Å². The van der Waals surface area contributed by atoms with Crippen molar-refractivity contribution in [1.29, 1.82) is 0 Å². The van der Waals surface area contributed by atoms with Gasteiger partial charge in [-0.05, 0) is 106 Å². The minimum absolute atomic E-state index is 0.0133. The molecule has 0 saturated heterocycles. The number of rotatable bonds is 26. The third-order valence-corrected chi connectivity index (χ3v) is 19.0. The molecule has 4 aliphatic rings. The van der Waals surface area contributed by atoms with E-state index in [2.05, 4.69) is 30.4 Å². The number of carbonyl (C=O) groups is 4. The Hall–Kier alpha value is -9.86. The first-order valence-electron chi connectivity index (χ1n) is 33.1. The van der Waals surface area contributed by atoms with E-state index in [1.807, 2.05) is 41.5 Å². The van der Waals surface area contributed by atoms with Gasteiger partial charge in [-0.25, -0.2) is 73.8 Å². The second kappa shape index (κ2) is 30.5. The van der Waals surface area contributed by atoms with E-state index in [1.54, 1.807) is 48.5 Å². The van der Waals surface area contributed by atoms with Crippen LogP contribution in [0.2, 0.25) is 10.0 Å². The van der Waals surface area contributed by atoms with Crippen LogP contribution in [0.15, 0.2) is 132 Å². The summed E-state index contributed by atoms with van der Waals surface area (Å²) in [6, 6.07) is 19.3. The van der Waals surface area contributed by atoms with Crippen LogP contribution in [0.25, 0.3) is 33.6 Å². The molecule has 4 N–H and O–H groups in total. The van der Waals surface area contributed by atoms with Crippen molar-refractivity contribution in [1.82, 2.24) is 58.9 Å². The number of carbonyl (C=O) groups excluding carboxylic acids is 4. The average Bonchev–Trinajstić information content (AvgIpc) is 1.57. The molecular formula is C70H70Cl2F12N16O6. The van der Waals surface area contributed by atoms with E-state index in [0.717, 1.165) is 31.8 Å². The van der Waals surface area contributed by atoms with E-state index in [1.165, 1.54) is 61.2 Å². The van der Waals surface area contributed by atoms with Gasteiger partial charge in [-0.1, -0.05) is 125 Å². The first-order valence-corrected chi connectivity index (χ1v) is 33.8. The molecule has 8 aromatic rings. The average molecular weight is 1530 g/mol. The van der Waals surface area contributed by atoms with Gasteiger partial charge in [0.2, 0.25) is 12.9 Å². The quantitative estimate of drug-likeness (QED) is 0.0377. The predicted octanol–water partition coefficient (Wildman–Crippen LogP) is 15.0. The minimum atomic E-state index is -3.01. The van der Waals surface area contributed by atoms with Crippen LogP contribution >= 0.6 is 23.2 Å². The van der Waals surface area contributed by atoms with Gasteiger partial charge in [0.25, 0.3) is 24.7 Å². The van der Waals surface area contributed by atoms with Gasteiger partial charge in [0.05, 0.1) is 45.9 Å². The highest BCUT2D eigenvalue weighted by molar-refractivity contribution is 6.32. The number of ether oxygens (including phenoxy) is 2. The first kappa shape index (κ1) is 77.2. The fourth-order valence-electron chi connectivity index (χ4n) is 13.3. The number of nitrogens with zero attached hydrogens (tertiary/aromatic N) is 14. The summed E-state index contributed by atoms with van der Waals surface area (Å²) in [5.74, 6) is -7.54. The molecule has 564 valence electrons. The van der Waals surface area contributed by atoms with Crippen molar-refractivity contribution in [3.63, 3.8) is 0 Å². The normalized spacial score (nSPS) is 20.8. The number of hydrogen-bond donors (Lipinski definition) is 2. The molecule has 0 unspecified atom stereocenters. The van der Waals surface area contributed by atoms with E-state index in [-0.39, 0.29) is 83.0 Å². The summed E-state index contributed by atoms with van der Waals surface area (Å²) in [5, 5.41) is 15.2. The molecule has 0 radical (unpaired) electrons. The monoisotopic (exact) mass is 1530 g/mol. The maximum atomic E-state index is 14.9. The number of aliphatic imine (C=N–C) groups is 2. The third-order valence-electron chi connectivity index (χ3n) is 18.4. The lowest BCUT2D eigenvalue weighted by Gasteiger charge is -2.35. The molecule has 2 aliphatic heterocycles. The molecule has 0 spiro atoms. The van der Waals surface area contributed by atoms with Crippen LogP contribution in [0.5, 0.6) is 0 Å². The van der Waals surface area contributed by atoms with Crippen molar-refractivity contribution in [2.45, 2.75) is 142 Å². The number of benzene rings is 4. The fraction of sp³-hybridized carbons (Fsp3) is 0.429. The number of nitrogens with two attached hydrogens (primary N) is 2. The number of alkyl halides is 12. The predicted molar refractivity (Wildman–Crippen MR) is 361 cm³/mol. The largest absolute Gasteiger partial charge is 0.463 e. The van der Waals surface area contributed by atoms with Crippen LogP contribution in [0.1, 0.15) is 152 Å². The molecule has 0 bridgehead atoms. The molecule has 4 aromatic heterocycles. The highest BCUT2D eigenvalue weighted by Gasteiger charge is 2.56. The van der Waals surface area contributed by atoms with Crippen LogP contribution in [-0.2, 0) is 39.7 Å². The summed E-state index contributed by atoms with van der Waals surface area (Å²) >= 11 is 12.9. The summed E-state index contributed by atoms with van der Waals surface area (Å²) in [5.41, 5.74) is 12.1. The smallest absolute Gasteiger partial charge is 0.333 e. The Kier molecular flexibility index (Phi) is 22.3. The fourth-order valence-corrected chi connectivity index (χ4v) is 13.7. The Bertz CT molecular complexity index is 4310. The van der Waals surface area contributed by atoms with Gasteiger partial charge >= 0.3 is 25.0 Å². The van der Waals surface area contributed by atoms with E-state index < -0.39 is 145 Å². The minimum Gasteiger partial charge on any atom is -0.463 e. The molecule has 2 saturated carbocycles. The van der Waals surface area contributed by atoms with Crippen molar-refractivity contribution >= 4 is 58.9 Å². The van der Waals surface area contributed by atoms with Gasteiger partial charge in [-0.2, -0.15) is 38.0 Å².